The van der Waals surface area contributed by atoms with E-state index in [1.54, 1.807) is 7.11 Å². The highest BCUT2D eigenvalue weighted by Crippen LogP contribution is 2.24. The van der Waals surface area contributed by atoms with Crippen LogP contribution in [0.25, 0.3) is 0 Å². The molecule has 0 aromatic rings. The van der Waals surface area contributed by atoms with Gasteiger partial charge in [0, 0.05) is 26.2 Å². The van der Waals surface area contributed by atoms with Crippen molar-refractivity contribution < 1.29 is 4.74 Å². The van der Waals surface area contributed by atoms with Crippen molar-refractivity contribution in [2.24, 2.45) is 5.41 Å². The first-order valence-electron chi connectivity index (χ1n) is 5.84. The molecule has 0 heterocycles. The maximum atomic E-state index is 5.26. The van der Waals surface area contributed by atoms with Crippen molar-refractivity contribution >= 4 is 0 Å². The summed E-state index contributed by atoms with van der Waals surface area (Å²) >= 11 is 0. The van der Waals surface area contributed by atoms with Crippen molar-refractivity contribution in [2.45, 2.75) is 38.8 Å². The quantitative estimate of drug-likeness (QED) is 0.722. The fraction of sp³-hybridized carbons (Fsp3) is 1.00. The summed E-state index contributed by atoms with van der Waals surface area (Å²) in [5.41, 5.74) is 0.349. The second kappa shape index (κ2) is 5.28. The Morgan fingerprint density at radius 2 is 1.93 bits per heavy atom. The van der Waals surface area contributed by atoms with Crippen LogP contribution in [-0.4, -0.2) is 51.3 Å². The predicted molar refractivity (Wildman–Crippen MR) is 64.2 cm³/mol. The van der Waals surface area contributed by atoms with Crippen LogP contribution in [-0.2, 0) is 4.74 Å². The van der Waals surface area contributed by atoms with Crippen LogP contribution in [0.15, 0.2) is 0 Å². The molecule has 0 amide bonds. The monoisotopic (exact) mass is 214 g/mol. The summed E-state index contributed by atoms with van der Waals surface area (Å²) in [5, 5.41) is 3.62. The van der Waals surface area contributed by atoms with Gasteiger partial charge in [-0.2, -0.15) is 0 Å². The van der Waals surface area contributed by atoms with Crippen LogP contribution in [0.2, 0.25) is 0 Å². The molecule has 0 aromatic carbocycles. The van der Waals surface area contributed by atoms with Gasteiger partial charge in [0.05, 0.1) is 6.10 Å². The minimum Gasteiger partial charge on any atom is -0.381 e. The Kier molecular flexibility index (Phi) is 4.56. The molecule has 1 aliphatic carbocycles. The first-order valence-corrected chi connectivity index (χ1v) is 5.84. The van der Waals surface area contributed by atoms with Gasteiger partial charge in [0.15, 0.2) is 0 Å². The van der Waals surface area contributed by atoms with E-state index < -0.39 is 0 Å². The van der Waals surface area contributed by atoms with Crippen LogP contribution in [0.5, 0.6) is 0 Å². The van der Waals surface area contributed by atoms with Gasteiger partial charge in [-0.05, 0) is 32.4 Å². The molecule has 0 aromatic heterocycles. The van der Waals surface area contributed by atoms with Crippen LogP contribution in [0.4, 0.5) is 0 Å². The second-order valence-electron chi connectivity index (χ2n) is 5.81. The molecule has 3 heteroatoms. The summed E-state index contributed by atoms with van der Waals surface area (Å²) in [6.45, 7) is 6.84. The maximum absolute atomic E-state index is 5.26. The molecular weight excluding hydrogens is 188 g/mol. The van der Waals surface area contributed by atoms with E-state index in [0.29, 0.717) is 17.6 Å². The van der Waals surface area contributed by atoms with Gasteiger partial charge < -0.3 is 15.0 Å². The van der Waals surface area contributed by atoms with Crippen molar-refractivity contribution in [3.63, 3.8) is 0 Å². The molecule has 3 nitrogen and oxygen atoms in total. The van der Waals surface area contributed by atoms with E-state index in [1.807, 2.05) is 0 Å². The lowest BCUT2D eigenvalue weighted by Gasteiger charge is -2.38. The summed E-state index contributed by atoms with van der Waals surface area (Å²) in [6.07, 6.45) is 2.85. The molecule has 0 bridgehead atoms. The zero-order chi connectivity index (χ0) is 11.5. The highest BCUT2D eigenvalue weighted by molar-refractivity contribution is 4.87. The fourth-order valence-electron chi connectivity index (χ4n) is 2.26. The van der Waals surface area contributed by atoms with Crippen LogP contribution in [0.1, 0.15) is 26.7 Å². The van der Waals surface area contributed by atoms with Gasteiger partial charge in [0.25, 0.3) is 0 Å². The fourth-order valence-corrected chi connectivity index (χ4v) is 2.26. The van der Waals surface area contributed by atoms with Gasteiger partial charge in [-0.15, -0.1) is 0 Å². The number of ether oxygens (including phenoxy) is 1. The third-order valence-electron chi connectivity index (χ3n) is 3.04. The van der Waals surface area contributed by atoms with E-state index in [9.17, 15) is 0 Å². The van der Waals surface area contributed by atoms with Gasteiger partial charge in [-0.25, -0.2) is 0 Å². The normalized spacial score (nSPS) is 26.8. The third-order valence-corrected chi connectivity index (χ3v) is 3.04. The molecular formula is C12H26N2O. The lowest BCUT2D eigenvalue weighted by atomic mass is 9.87. The summed E-state index contributed by atoms with van der Waals surface area (Å²) < 4.78 is 5.26. The molecule has 0 aliphatic heterocycles. The Hall–Kier alpha value is -0.120. The Balaban J connectivity index is 2.14. The van der Waals surface area contributed by atoms with Crippen LogP contribution in [0.3, 0.4) is 0 Å². The van der Waals surface area contributed by atoms with Crippen LogP contribution in [0, 0.1) is 5.41 Å². The van der Waals surface area contributed by atoms with Crippen LogP contribution >= 0.6 is 0 Å². The number of rotatable bonds is 6. The van der Waals surface area contributed by atoms with Crippen molar-refractivity contribution in [2.75, 3.05) is 34.3 Å². The standard InChI is InChI=1S/C12H26N2O/c1-12(2,9-14(3)4)8-13-10-6-11(7-10)15-5/h10-11,13H,6-9H2,1-5H3. The molecule has 1 aliphatic rings. The Morgan fingerprint density at radius 3 is 2.40 bits per heavy atom. The Bertz CT molecular complexity index is 186. The van der Waals surface area contributed by atoms with Crippen molar-refractivity contribution in [1.82, 2.24) is 10.2 Å². The summed E-state index contributed by atoms with van der Waals surface area (Å²) in [7, 11) is 6.06. The molecule has 0 atom stereocenters. The second-order valence-corrected chi connectivity index (χ2v) is 5.81. The van der Waals surface area contributed by atoms with E-state index in [-0.39, 0.29) is 0 Å². The topological polar surface area (TPSA) is 24.5 Å². The summed E-state index contributed by atoms with van der Waals surface area (Å²) in [4.78, 5) is 2.25. The predicted octanol–water partition coefficient (Wildman–Crippen LogP) is 1.34. The first-order chi connectivity index (χ1) is 6.93. The Labute approximate surface area is 94.2 Å². The van der Waals surface area contributed by atoms with E-state index >= 15 is 0 Å². The van der Waals surface area contributed by atoms with E-state index in [0.717, 1.165) is 13.1 Å². The average molecular weight is 214 g/mol. The van der Waals surface area contributed by atoms with Gasteiger partial charge >= 0.3 is 0 Å². The van der Waals surface area contributed by atoms with Crippen molar-refractivity contribution in [3.8, 4) is 0 Å². The molecule has 1 fully saturated rings. The maximum Gasteiger partial charge on any atom is 0.0601 e. The highest BCUT2D eigenvalue weighted by Gasteiger charge is 2.30. The molecule has 15 heavy (non-hydrogen) atoms. The van der Waals surface area contributed by atoms with Crippen LogP contribution < -0.4 is 5.32 Å². The largest absolute Gasteiger partial charge is 0.381 e. The number of nitrogens with one attached hydrogen (secondary N) is 1. The number of hydrogen-bond acceptors (Lipinski definition) is 3. The number of methoxy groups -OCH3 is 1. The van der Waals surface area contributed by atoms with Crippen molar-refractivity contribution in [3.05, 3.63) is 0 Å². The molecule has 90 valence electrons. The van der Waals surface area contributed by atoms with E-state index in [1.165, 1.54) is 12.8 Å². The smallest absolute Gasteiger partial charge is 0.0601 e. The van der Waals surface area contributed by atoms with E-state index in [4.69, 9.17) is 4.74 Å². The van der Waals surface area contributed by atoms with Gasteiger partial charge in [-0.3, -0.25) is 0 Å². The SMILES string of the molecule is COC1CC(NCC(C)(C)CN(C)C)C1. The molecule has 0 saturated heterocycles. The lowest BCUT2D eigenvalue weighted by Crippen LogP contribution is -2.49. The first kappa shape index (κ1) is 12.9. The van der Waals surface area contributed by atoms with Gasteiger partial charge in [-0.1, -0.05) is 13.8 Å². The minimum absolute atomic E-state index is 0.349. The Morgan fingerprint density at radius 1 is 1.33 bits per heavy atom. The summed E-state index contributed by atoms with van der Waals surface area (Å²) in [5.74, 6) is 0. The molecule has 1 saturated carbocycles. The molecule has 0 unspecified atom stereocenters. The number of hydrogen-bond donors (Lipinski definition) is 1. The third kappa shape index (κ3) is 4.49. The van der Waals surface area contributed by atoms with E-state index in [2.05, 4.69) is 38.2 Å². The average Bonchev–Trinajstić information content (AvgIpc) is 1.98. The minimum atomic E-state index is 0.349. The lowest BCUT2D eigenvalue weighted by molar-refractivity contribution is 0.0143. The molecule has 1 rings (SSSR count). The zero-order valence-corrected chi connectivity index (χ0v) is 10.8. The number of nitrogens with zero attached hydrogens (tertiary/aromatic N) is 1. The molecule has 0 spiro atoms. The highest BCUT2D eigenvalue weighted by atomic mass is 16.5. The van der Waals surface area contributed by atoms with Gasteiger partial charge in [0.2, 0.25) is 0 Å². The van der Waals surface area contributed by atoms with Crippen molar-refractivity contribution in [1.29, 1.82) is 0 Å². The molecule has 0 radical (unpaired) electrons. The summed E-state index contributed by atoms with van der Waals surface area (Å²) in [6, 6.07) is 0.677. The van der Waals surface area contributed by atoms with Gasteiger partial charge in [0.1, 0.15) is 0 Å². The molecule has 1 N–H and O–H groups in total. The zero-order valence-electron chi connectivity index (χ0n) is 10.8.